The minimum atomic E-state index is -0.464. The van der Waals surface area contributed by atoms with Gasteiger partial charge in [0.2, 0.25) is 0 Å². The van der Waals surface area contributed by atoms with E-state index in [4.69, 9.17) is 9.47 Å². The molecule has 0 aliphatic carbocycles. The summed E-state index contributed by atoms with van der Waals surface area (Å²) in [6, 6.07) is 5.27. The molecule has 6 heteroatoms. The zero-order chi connectivity index (χ0) is 17.1. The molecule has 1 N–H and O–H groups in total. The number of carbonyl (C=O) groups excluding carboxylic acids is 2. The third-order valence-corrected chi connectivity index (χ3v) is 4.18. The summed E-state index contributed by atoms with van der Waals surface area (Å²) in [5, 5.41) is 0. The van der Waals surface area contributed by atoms with Crippen LogP contribution >= 0.6 is 15.9 Å². The molecule has 1 aromatic carbocycles. The number of aryl methyl sites for hydroxylation is 1. The number of rotatable bonds is 5. The first kappa shape index (κ1) is 17.3. The van der Waals surface area contributed by atoms with Gasteiger partial charge in [0.25, 0.3) is 0 Å². The molecular formula is C17H18BrNO4. The average molecular weight is 380 g/mol. The molecule has 23 heavy (non-hydrogen) atoms. The number of halogens is 1. The first-order valence-corrected chi connectivity index (χ1v) is 7.95. The van der Waals surface area contributed by atoms with Crippen molar-refractivity contribution in [3.05, 3.63) is 50.8 Å². The molecule has 0 bridgehead atoms. The van der Waals surface area contributed by atoms with Gasteiger partial charge in [0.05, 0.1) is 23.8 Å². The van der Waals surface area contributed by atoms with Gasteiger partial charge in [0.15, 0.2) is 5.78 Å². The first-order valence-electron chi connectivity index (χ1n) is 7.15. The second-order valence-corrected chi connectivity index (χ2v) is 5.85. The predicted molar refractivity (Wildman–Crippen MR) is 90.3 cm³/mol. The number of esters is 1. The molecule has 1 aromatic heterocycles. The summed E-state index contributed by atoms with van der Waals surface area (Å²) >= 11 is 3.38. The van der Waals surface area contributed by atoms with Gasteiger partial charge in [0.1, 0.15) is 11.4 Å². The van der Waals surface area contributed by atoms with Crippen molar-refractivity contribution in [2.45, 2.75) is 20.8 Å². The summed E-state index contributed by atoms with van der Waals surface area (Å²) in [6.07, 6.45) is 0. The number of para-hydroxylation sites is 1. The number of aromatic amines is 1. The van der Waals surface area contributed by atoms with E-state index in [1.807, 2.05) is 0 Å². The highest BCUT2D eigenvalue weighted by atomic mass is 79.9. The number of ether oxygens (including phenoxy) is 2. The molecule has 0 amide bonds. The minimum Gasteiger partial charge on any atom is -0.495 e. The molecule has 0 radical (unpaired) electrons. The summed E-state index contributed by atoms with van der Waals surface area (Å²) in [6.45, 7) is 5.50. The van der Waals surface area contributed by atoms with Crippen molar-refractivity contribution in [3.63, 3.8) is 0 Å². The van der Waals surface area contributed by atoms with Crippen LogP contribution in [0.15, 0.2) is 22.7 Å². The topological polar surface area (TPSA) is 68.4 Å². The van der Waals surface area contributed by atoms with E-state index in [-0.39, 0.29) is 12.4 Å². The predicted octanol–water partition coefficient (Wildman–Crippen LogP) is 3.81. The number of hydrogen-bond donors (Lipinski definition) is 1. The maximum atomic E-state index is 12.9. The molecule has 0 aliphatic heterocycles. The molecule has 5 nitrogen and oxygen atoms in total. The van der Waals surface area contributed by atoms with Crippen LogP contribution < -0.4 is 4.74 Å². The Hall–Kier alpha value is -2.08. The number of benzene rings is 1. The third-order valence-electron chi connectivity index (χ3n) is 3.56. The molecular weight excluding hydrogens is 362 g/mol. The van der Waals surface area contributed by atoms with Crippen molar-refractivity contribution in [2.75, 3.05) is 13.7 Å². The second kappa shape index (κ2) is 7.00. The number of nitrogens with one attached hydrogen (secondary N) is 1. The quantitative estimate of drug-likeness (QED) is 0.633. The van der Waals surface area contributed by atoms with Crippen LogP contribution in [0, 0.1) is 13.8 Å². The van der Waals surface area contributed by atoms with Gasteiger partial charge in [-0.3, -0.25) is 4.79 Å². The van der Waals surface area contributed by atoms with E-state index >= 15 is 0 Å². The fourth-order valence-corrected chi connectivity index (χ4v) is 3.06. The smallest absolute Gasteiger partial charge is 0.355 e. The van der Waals surface area contributed by atoms with Crippen LogP contribution in [-0.4, -0.2) is 30.5 Å². The molecule has 0 fully saturated rings. The maximum Gasteiger partial charge on any atom is 0.355 e. The van der Waals surface area contributed by atoms with Crippen LogP contribution in [0.5, 0.6) is 5.75 Å². The summed E-state index contributed by atoms with van der Waals surface area (Å²) < 4.78 is 11.0. The van der Waals surface area contributed by atoms with Crippen molar-refractivity contribution in [1.82, 2.24) is 4.98 Å². The van der Waals surface area contributed by atoms with Crippen molar-refractivity contribution < 1.29 is 19.1 Å². The van der Waals surface area contributed by atoms with E-state index < -0.39 is 5.97 Å². The van der Waals surface area contributed by atoms with Crippen LogP contribution in [0.3, 0.4) is 0 Å². The Kier molecular flexibility index (Phi) is 5.26. The Morgan fingerprint density at radius 2 is 1.96 bits per heavy atom. The number of hydrogen-bond acceptors (Lipinski definition) is 4. The van der Waals surface area contributed by atoms with Gasteiger partial charge in [-0.05, 0) is 54.4 Å². The van der Waals surface area contributed by atoms with Gasteiger partial charge in [-0.1, -0.05) is 6.07 Å². The monoisotopic (exact) mass is 379 g/mol. The third kappa shape index (κ3) is 3.17. The largest absolute Gasteiger partial charge is 0.495 e. The molecule has 0 aliphatic rings. The number of aromatic nitrogens is 1. The van der Waals surface area contributed by atoms with E-state index in [2.05, 4.69) is 20.9 Å². The van der Waals surface area contributed by atoms with Gasteiger partial charge >= 0.3 is 5.97 Å². The molecule has 122 valence electrons. The Balaban J connectivity index is 2.53. The molecule has 0 unspecified atom stereocenters. The van der Waals surface area contributed by atoms with E-state index in [9.17, 15) is 9.59 Å². The molecule has 0 saturated carbocycles. The fraction of sp³-hybridized carbons (Fsp3) is 0.294. The summed E-state index contributed by atoms with van der Waals surface area (Å²) in [5.41, 5.74) is 2.40. The molecule has 1 heterocycles. The van der Waals surface area contributed by atoms with E-state index in [1.165, 1.54) is 7.11 Å². The summed E-state index contributed by atoms with van der Waals surface area (Å²) in [4.78, 5) is 27.9. The Morgan fingerprint density at radius 1 is 1.26 bits per heavy atom. The highest BCUT2D eigenvalue weighted by molar-refractivity contribution is 9.10. The number of ketones is 1. The molecule has 2 aromatic rings. The zero-order valence-electron chi connectivity index (χ0n) is 13.5. The standard InChI is InChI=1S/C17H18BrNO4/c1-5-23-17(21)14-9(2)13(10(3)19-14)15(20)11-7-6-8-12(18)16(11)22-4/h6-8,19H,5H2,1-4H3. The van der Waals surface area contributed by atoms with Gasteiger partial charge in [-0.2, -0.15) is 0 Å². The maximum absolute atomic E-state index is 12.9. The van der Waals surface area contributed by atoms with E-state index in [1.54, 1.807) is 39.0 Å². The van der Waals surface area contributed by atoms with Gasteiger partial charge in [-0.15, -0.1) is 0 Å². The van der Waals surface area contributed by atoms with E-state index in [0.29, 0.717) is 38.3 Å². The van der Waals surface area contributed by atoms with Gasteiger partial charge in [-0.25, -0.2) is 4.79 Å². The first-order chi connectivity index (χ1) is 10.9. The van der Waals surface area contributed by atoms with E-state index in [0.717, 1.165) is 0 Å². The fourth-order valence-electron chi connectivity index (χ4n) is 2.53. The Morgan fingerprint density at radius 3 is 2.57 bits per heavy atom. The van der Waals surface area contributed by atoms with Gasteiger partial charge < -0.3 is 14.5 Å². The minimum absolute atomic E-state index is 0.204. The molecule has 0 spiro atoms. The zero-order valence-corrected chi connectivity index (χ0v) is 15.0. The second-order valence-electron chi connectivity index (χ2n) is 5.00. The lowest BCUT2D eigenvalue weighted by atomic mass is 9.99. The molecule has 0 atom stereocenters. The highest BCUT2D eigenvalue weighted by Gasteiger charge is 2.25. The van der Waals surface area contributed by atoms with Crippen LogP contribution in [0.25, 0.3) is 0 Å². The summed E-state index contributed by atoms with van der Waals surface area (Å²) in [7, 11) is 1.51. The highest BCUT2D eigenvalue weighted by Crippen LogP contribution is 2.32. The van der Waals surface area contributed by atoms with Crippen molar-refractivity contribution in [1.29, 1.82) is 0 Å². The SMILES string of the molecule is CCOC(=O)c1[nH]c(C)c(C(=O)c2cccc(Br)c2OC)c1C. The number of methoxy groups -OCH3 is 1. The summed E-state index contributed by atoms with van der Waals surface area (Å²) in [5.74, 6) is -0.200. The van der Waals surface area contributed by atoms with Crippen molar-refractivity contribution in [2.24, 2.45) is 0 Å². The lowest BCUT2D eigenvalue weighted by Gasteiger charge is -2.10. The number of H-pyrrole nitrogens is 1. The Bertz CT molecular complexity index is 764. The van der Waals surface area contributed by atoms with Crippen LogP contribution in [0.1, 0.15) is 44.6 Å². The average Bonchev–Trinajstić information content (AvgIpc) is 2.81. The number of carbonyl (C=O) groups is 2. The molecule has 0 saturated heterocycles. The normalized spacial score (nSPS) is 10.5. The van der Waals surface area contributed by atoms with Crippen molar-refractivity contribution in [3.8, 4) is 5.75 Å². The lowest BCUT2D eigenvalue weighted by Crippen LogP contribution is -2.09. The lowest BCUT2D eigenvalue weighted by molar-refractivity contribution is 0.0519. The van der Waals surface area contributed by atoms with Gasteiger partial charge in [0, 0.05) is 11.3 Å². The molecule has 2 rings (SSSR count). The Labute approximate surface area is 143 Å². The van der Waals surface area contributed by atoms with Crippen LogP contribution in [0.4, 0.5) is 0 Å². The van der Waals surface area contributed by atoms with Crippen LogP contribution in [-0.2, 0) is 4.74 Å². The van der Waals surface area contributed by atoms with Crippen molar-refractivity contribution >= 4 is 27.7 Å². The van der Waals surface area contributed by atoms with Crippen LogP contribution in [0.2, 0.25) is 0 Å².